The van der Waals surface area contributed by atoms with Gasteiger partial charge in [0.25, 0.3) is 0 Å². The lowest BCUT2D eigenvalue weighted by Crippen LogP contribution is -2.40. The number of aromatic nitrogens is 4. The number of likely N-dealkylation sites (N-methyl/N-ethyl adjacent to an activating group) is 1. The Morgan fingerprint density at radius 3 is 2.65 bits per heavy atom. The van der Waals surface area contributed by atoms with E-state index in [0.717, 1.165) is 49.0 Å². The van der Waals surface area contributed by atoms with Crippen molar-refractivity contribution in [2.24, 2.45) is 0 Å². The molecule has 1 aromatic carbocycles. The van der Waals surface area contributed by atoms with E-state index in [1.807, 2.05) is 19.1 Å². The highest BCUT2D eigenvalue weighted by molar-refractivity contribution is 5.57. The fourth-order valence-corrected chi connectivity index (χ4v) is 4.26. The third-order valence-electron chi connectivity index (χ3n) is 6.06. The summed E-state index contributed by atoms with van der Waals surface area (Å²) in [4.78, 5) is 22.4. The van der Waals surface area contributed by atoms with Gasteiger partial charge in [-0.1, -0.05) is 30.3 Å². The van der Waals surface area contributed by atoms with Gasteiger partial charge in [0, 0.05) is 37.9 Å². The second kappa shape index (κ2) is 8.37. The van der Waals surface area contributed by atoms with E-state index in [1.165, 1.54) is 5.56 Å². The molecular formula is C23H27N7O. The summed E-state index contributed by atoms with van der Waals surface area (Å²) < 4.78 is 5.97. The first-order valence-corrected chi connectivity index (χ1v) is 10.7. The van der Waals surface area contributed by atoms with Crippen molar-refractivity contribution in [3.63, 3.8) is 0 Å². The topological polar surface area (TPSA) is 79.3 Å². The Balaban J connectivity index is 1.25. The first-order chi connectivity index (χ1) is 15.2. The van der Waals surface area contributed by atoms with Crippen molar-refractivity contribution in [3.05, 3.63) is 60.2 Å². The van der Waals surface area contributed by atoms with Gasteiger partial charge in [0.05, 0.1) is 12.2 Å². The van der Waals surface area contributed by atoms with Gasteiger partial charge in [0.1, 0.15) is 18.8 Å². The van der Waals surface area contributed by atoms with Crippen LogP contribution in [0.5, 0.6) is 5.75 Å². The highest BCUT2D eigenvalue weighted by atomic mass is 16.5. The van der Waals surface area contributed by atoms with Gasteiger partial charge in [-0.3, -0.25) is 0 Å². The summed E-state index contributed by atoms with van der Waals surface area (Å²) in [5.74, 6) is 3.21. The minimum atomic E-state index is 0.135. The Hall–Kier alpha value is -3.42. The number of hydrogen-bond donors (Lipinski definition) is 1. The van der Waals surface area contributed by atoms with Crippen LogP contribution >= 0.6 is 0 Å². The van der Waals surface area contributed by atoms with E-state index >= 15 is 0 Å². The number of nitrogens with zero attached hydrogens (tertiary/aromatic N) is 6. The normalized spacial score (nSPS) is 19.0. The van der Waals surface area contributed by atoms with Crippen LogP contribution in [0.25, 0.3) is 0 Å². The summed E-state index contributed by atoms with van der Waals surface area (Å²) in [6.45, 7) is 4.47. The maximum atomic E-state index is 5.97. The van der Waals surface area contributed by atoms with Gasteiger partial charge in [0.2, 0.25) is 5.95 Å². The van der Waals surface area contributed by atoms with Crippen molar-refractivity contribution in [1.82, 2.24) is 19.9 Å². The molecule has 3 aromatic rings. The van der Waals surface area contributed by atoms with Crippen LogP contribution < -0.4 is 19.9 Å². The van der Waals surface area contributed by atoms with E-state index in [4.69, 9.17) is 9.72 Å². The number of ether oxygens (including phenoxy) is 1. The SMILES string of the molecule is Cc1cc(N2CCC(Nc3ncc4c(n3)N(C)C(c3ccccc3)CO4)CC2)ncn1. The average Bonchev–Trinajstić information content (AvgIpc) is 2.81. The highest BCUT2D eigenvalue weighted by Gasteiger charge is 2.28. The monoisotopic (exact) mass is 417 g/mol. The Morgan fingerprint density at radius 2 is 1.87 bits per heavy atom. The zero-order valence-corrected chi connectivity index (χ0v) is 17.9. The molecule has 0 spiro atoms. The van der Waals surface area contributed by atoms with Crippen LogP contribution in [0.2, 0.25) is 0 Å². The maximum absolute atomic E-state index is 5.97. The third-order valence-corrected chi connectivity index (χ3v) is 6.06. The average molecular weight is 418 g/mol. The smallest absolute Gasteiger partial charge is 0.225 e. The number of hydrogen-bond acceptors (Lipinski definition) is 8. The maximum Gasteiger partial charge on any atom is 0.225 e. The van der Waals surface area contributed by atoms with Gasteiger partial charge >= 0.3 is 0 Å². The van der Waals surface area contributed by atoms with Crippen molar-refractivity contribution < 1.29 is 4.74 Å². The molecular weight excluding hydrogens is 390 g/mol. The van der Waals surface area contributed by atoms with Crippen LogP contribution in [-0.2, 0) is 0 Å². The van der Waals surface area contributed by atoms with Crippen LogP contribution in [0.3, 0.4) is 0 Å². The molecule has 4 heterocycles. The molecule has 1 N–H and O–H groups in total. The molecule has 0 bridgehead atoms. The van der Waals surface area contributed by atoms with E-state index in [-0.39, 0.29) is 6.04 Å². The van der Waals surface area contributed by atoms with Crippen LogP contribution in [0, 0.1) is 6.92 Å². The molecule has 1 fully saturated rings. The summed E-state index contributed by atoms with van der Waals surface area (Å²) in [5, 5.41) is 3.53. The molecule has 5 rings (SSSR count). The Labute approximate surface area is 182 Å². The Morgan fingerprint density at radius 1 is 1.06 bits per heavy atom. The Kier molecular flexibility index (Phi) is 5.28. The highest BCUT2D eigenvalue weighted by Crippen LogP contribution is 2.37. The molecule has 2 aromatic heterocycles. The summed E-state index contributed by atoms with van der Waals surface area (Å²) >= 11 is 0. The molecule has 2 aliphatic rings. The summed E-state index contributed by atoms with van der Waals surface area (Å²) in [6, 6.07) is 12.9. The molecule has 1 atom stereocenters. The predicted octanol–water partition coefficient (Wildman–Crippen LogP) is 3.23. The summed E-state index contributed by atoms with van der Waals surface area (Å²) in [7, 11) is 2.07. The predicted molar refractivity (Wildman–Crippen MR) is 121 cm³/mol. The molecule has 0 radical (unpaired) electrons. The van der Waals surface area contributed by atoms with Crippen LogP contribution in [-0.4, -0.2) is 52.7 Å². The van der Waals surface area contributed by atoms with E-state index in [0.29, 0.717) is 18.6 Å². The minimum Gasteiger partial charge on any atom is -0.486 e. The molecule has 1 unspecified atom stereocenters. The van der Waals surface area contributed by atoms with Gasteiger partial charge in [-0.25, -0.2) is 15.0 Å². The van der Waals surface area contributed by atoms with Crippen molar-refractivity contribution in [3.8, 4) is 5.75 Å². The zero-order valence-electron chi connectivity index (χ0n) is 17.9. The molecule has 8 heteroatoms. The molecule has 1 saturated heterocycles. The molecule has 31 heavy (non-hydrogen) atoms. The molecule has 8 nitrogen and oxygen atoms in total. The van der Waals surface area contributed by atoms with Gasteiger partial charge in [-0.15, -0.1) is 0 Å². The van der Waals surface area contributed by atoms with Crippen LogP contribution in [0.4, 0.5) is 17.6 Å². The second-order valence-corrected chi connectivity index (χ2v) is 8.15. The van der Waals surface area contributed by atoms with Crippen molar-refractivity contribution in [2.75, 3.05) is 41.9 Å². The fourth-order valence-electron chi connectivity index (χ4n) is 4.26. The number of piperidine rings is 1. The summed E-state index contributed by atoms with van der Waals surface area (Å²) in [6.07, 6.45) is 5.42. The molecule has 2 aliphatic heterocycles. The molecule has 0 amide bonds. The number of anilines is 3. The van der Waals surface area contributed by atoms with Crippen LogP contribution in [0.1, 0.15) is 30.1 Å². The van der Waals surface area contributed by atoms with Gasteiger partial charge < -0.3 is 19.9 Å². The lowest BCUT2D eigenvalue weighted by atomic mass is 10.1. The fraction of sp³-hybridized carbons (Fsp3) is 0.391. The molecule has 0 saturated carbocycles. The quantitative estimate of drug-likeness (QED) is 0.693. The minimum absolute atomic E-state index is 0.135. The number of benzene rings is 1. The summed E-state index contributed by atoms with van der Waals surface area (Å²) in [5.41, 5.74) is 2.21. The number of nitrogens with one attached hydrogen (secondary N) is 1. The zero-order chi connectivity index (χ0) is 21.2. The van der Waals surface area contributed by atoms with Crippen molar-refractivity contribution in [2.45, 2.75) is 31.8 Å². The Bertz CT molecular complexity index is 1040. The van der Waals surface area contributed by atoms with E-state index in [2.05, 4.69) is 61.4 Å². The van der Waals surface area contributed by atoms with E-state index in [1.54, 1.807) is 12.5 Å². The lowest BCUT2D eigenvalue weighted by Gasteiger charge is -2.35. The first kappa shape index (κ1) is 19.5. The molecule has 160 valence electrons. The van der Waals surface area contributed by atoms with Crippen molar-refractivity contribution in [1.29, 1.82) is 0 Å². The largest absolute Gasteiger partial charge is 0.486 e. The third kappa shape index (κ3) is 4.10. The van der Waals surface area contributed by atoms with Gasteiger partial charge in [-0.2, -0.15) is 4.98 Å². The number of rotatable bonds is 4. The number of fused-ring (bicyclic) bond motifs is 1. The first-order valence-electron chi connectivity index (χ1n) is 10.7. The van der Waals surface area contributed by atoms with E-state index < -0.39 is 0 Å². The van der Waals surface area contributed by atoms with E-state index in [9.17, 15) is 0 Å². The lowest BCUT2D eigenvalue weighted by molar-refractivity contribution is 0.265. The number of aryl methyl sites for hydroxylation is 1. The standard InChI is InChI=1S/C23H27N7O/c1-16-12-21(26-15-25-16)30-10-8-18(9-11-30)27-23-24-13-20-22(28-23)29(2)19(14-31-20)17-6-4-3-5-7-17/h3-7,12-13,15,18-19H,8-11,14H2,1-2H3,(H,24,27,28). The second-order valence-electron chi connectivity index (χ2n) is 8.15. The van der Waals surface area contributed by atoms with Gasteiger partial charge in [-0.05, 0) is 25.3 Å². The van der Waals surface area contributed by atoms with Gasteiger partial charge in [0.15, 0.2) is 11.6 Å². The van der Waals surface area contributed by atoms with Crippen molar-refractivity contribution >= 4 is 17.6 Å². The van der Waals surface area contributed by atoms with Crippen LogP contribution in [0.15, 0.2) is 48.9 Å². The molecule has 0 aliphatic carbocycles.